The molecule has 5 nitrogen and oxygen atoms in total. The summed E-state index contributed by atoms with van der Waals surface area (Å²) in [7, 11) is -1.11. The third-order valence-corrected chi connectivity index (χ3v) is 4.70. The van der Waals surface area contributed by atoms with Gasteiger partial charge in [0.15, 0.2) is 6.61 Å². The molecule has 0 aliphatic rings. The highest BCUT2D eigenvalue weighted by Crippen LogP contribution is 2.21. The normalized spacial score (nSPS) is 11.6. The molecule has 25 heavy (non-hydrogen) atoms. The topological polar surface area (TPSA) is 72.5 Å². The van der Waals surface area contributed by atoms with Gasteiger partial charge in [0, 0.05) is 27.6 Å². The van der Waals surface area contributed by atoms with Gasteiger partial charge < -0.3 is 10.1 Å². The van der Waals surface area contributed by atoms with Crippen LogP contribution >= 0.6 is 0 Å². The summed E-state index contributed by atoms with van der Waals surface area (Å²) < 4.78 is 16.4. The first-order chi connectivity index (χ1) is 11.9. The number of carbonyl (C=O) groups excluding carboxylic acids is 2. The molecule has 1 unspecified atom stereocenters. The Labute approximate surface area is 149 Å². The van der Waals surface area contributed by atoms with Crippen molar-refractivity contribution in [3.05, 3.63) is 59.2 Å². The number of hydrogen-bond donors (Lipinski definition) is 1. The minimum atomic E-state index is -1.11. The van der Waals surface area contributed by atoms with Gasteiger partial charge in [-0.1, -0.05) is 25.1 Å². The first-order valence-electron chi connectivity index (χ1n) is 7.91. The molecule has 0 saturated heterocycles. The Morgan fingerprint density at radius 2 is 1.80 bits per heavy atom. The fraction of sp³-hybridized carbons (Fsp3) is 0.263. The van der Waals surface area contributed by atoms with Crippen molar-refractivity contribution in [2.75, 3.05) is 18.2 Å². The van der Waals surface area contributed by atoms with Crippen LogP contribution in [0.4, 0.5) is 5.69 Å². The first-order valence-corrected chi connectivity index (χ1v) is 9.47. The average molecular weight is 359 g/mol. The number of aryl methyl sites for hydroxylation is 2. The van der Waals surface area contributed by atoms with Crippen molar-refractivity contribution < 1.29 is 18.5 Å². The summed E-state index contributed by atoms with van der Waals surface area (Å²) in [6.45, 7) is 3.56. The molecular weight excluding hydrogens is 338 g/mol. The molecule has 1 N–H and O–H groups in total. The number of esters is 1. The van der Waals surface area contributed by atoms with Crippen molar-refractivity contribution in [2.24, 2.45) is 0 Å². The molecule has 2 aromatic rings. The van der Waals surface area contributed by atoms with Gasteiger partial charge in [-0.15, -0.1) is 0 Å². The van der Waals surface area contributed by atoms with Crippen LogP contribution in [-0.4, -0.2) is 28.9 Å². The van der Waals surface area contributed by atoms with Crippen molar-refractivity contribution in [1.82, 2.24) is 0 Å². The van der Waals surface area contributed by atoms with Crippen LogP contribution in [0.2, 0.25) is 0 Å². The van der Waals surface area contributed by atoms with Gasteiger partial charge >= 0.3 is 5.97 Å². The predicted molar refractivity (Wildman–Crippen MR) is 98.2 cm³/mol. The van der Waals surface area contributed by atoms with Gasteiger partial charge in [-0.2, -0.15) is 0 Å². The lowest BCUT2D eigenvalue weighted by Gasteiger charge is -2.13. The maximum absolute atomic E-state index is 12.1. The lowest BCUT2D eigenvalue weighted by molar-refractivity contribution is -0.119. The van der Waals surface area contributed by atoms with E-state index >= 15 is 0 Å². The number of nitrogens with one attached hydrogen (secondary N) is 1. The Hall–Kier alpha value is -2.47. The number of hydrogen-bond acceptors (Lipinski definition) is 4. The quantitative estimate of drug-likeness (QED) is 0.805. The summed E-state index contributed by atoms with van der Waals surface area (Å²) in [5, 5.41) is 2.80. The molecule has 0 heterocycles. The van der Waals surface area contributed by atoms with Gasteiger partial charge in [0.25, 0.3) is 5.91 Å². The molecule has 0 aromatic heterocycles. The highest BCUT2D eigenvalue weighted by molar-refractivity contribution is 7.84. The summed E-state index contributed by atoms with van der Waals surface area (Å²) in [4.78, 5) is 24.7. The average Bonchev–Trinajstić information content (AvgIpc) is 2.61. The molecule has 0 radical (unpaired) electrons. The monoisotopic (exact) mass is 359 g/mol. The summed E-state index contributed by atoms with van der Waals surface area (Å²) in [6, 6.07) is 12.1. The number of benzene rings is 2. The van der Waals surface area contributed by atoms with Crippen LogP contribution in [0.15, 0.2) is 47.4 Å². The summed E-state index contributed by atoms with van der Waals surface area (Å²) in [5.41, 5.74) is 3.07. The molecular formula is C19H21NO4S. The van der Waals surface area contributed by atoms with E-state index in [1.54, 1.807) is 18.4 Å². The van der Waals surface area contributed by atoms with Crippen molar-refractivity contribution in [3.8, 4) is 0 Å². The Bertz CT molecular complexity index is 800. The largest absolute Gasteiger partial charge is 0.452 e. The Morgan fingerprint density at radius 1 is 1.12 bits per heavy atom. The van der Waals surface area contributed by atoms with E-state index < -0.39 is 16.8 Å². The molecule has 2 rings (SSSR count). The summed E-state index contributed by atoms with van der Waals surface area (Å²) >= 11 is 0. The zero-order valence-electron chi connectivity index (χ0n) is 14.5. The lowest BCUT2D eigenvalue weighted by atomic mass is 10.1. The standard InChI is InChI=1S/C19H21NO4S/c1-4-14-7-5-6-13(2)18(14)20-17(21)12-24-19(22)15-8-10-16(11-9-15)25(3)23/h5-11H,4,12H2,1-3H3,(H,20,21). The van der Waals surface area contributed by atoms with Crippen LogP contribution in [0.5, 0.6) is 0 Å². The van der Waals surface area contributed by atoms with E-state index in [9.17, 15) is 13.8 Å². The molecule has 1 amide bonds. The minimum absolute atomic E-state index is 0.312. The van der Waals surface area contributed by atoms with Crippen LogP contribution < -0.4 is 5.32 Å². The second-order valence-corrected chi connectivity index (χ2v) is 6.95. The van der Waals surface area contributed by atoms with Gasteiger partial charge in [-0.3, -0.25) is 9.00 Å². The lowest BCUT2D eigenvalue weighted by Crippen LogP contribution is -2.22. The van der Waals surface area contributed by atoms with Crippen LogP contribution in [-0.2, 0) is 26.8 Å². The van der Waals surface area contributed by atoms with Crippen molar-refractivity contribution in [2.45, 2.75) is 25.2 Å². The van der Waals surface area contributed by atoms with Gasteiger partial charge in [0.2, 0.25) is 0 Å². The maximum Gasteiger partial charge on any atom is 0.338 e. The molecule has 2 aromatic carbocycles. The number of anilines is 1. The minimum Gasteiger partial charge on any atom is -0.452 e. The van der Waals surface area contributed by atoms with Gasteiger partial charge in [-0.05, 0) is 48.7 Å². The Morgan fingerprint density at radius 3 is 2.40 bits per heavy atom. The molecule has 1 atom stereocenters. The van der Waals surface area contributed by atoms with E-state index in [0.29, 0.717) is 10.5 Å². The van der Waals surface area contributed by atoms with E-state index in [2.05, 4.69) is 5.32 Å². The fourth-order valence-corrected chi connectivity index (χ4v) is 2.89. The number of rotatable bonds is 6. The summed E-state index contributed by atoms with van der Waals surface area (Å²) in [6.07, 6.45) is 2.36. The number of ether oxygens (including phenoxy) is 1. The number of amides is 1. The molecule has 6 heteroatoms. The van der Waals surface area contributed by atoms with Crippen molar-refractivity contribution in [1.29, 1.82) is 0 Å². The van der Waals surface area contributed by atoms with Gasteiger partial charge in [0.05, 0.1) is 5.56 Å². The van der Waals surface area contributed by atoms with E-state index in [1.807, 2.05) is 32.0 Å². The zero-order chi connectivity index (χ0) is 18.4. The fourth-order valence-electron chi connectivity index (χ4n) is 2.37. The second kappa shape index (κ2) is 8.58. The third kappa shape index (κ3) is 5.00. The van der Waals surface area contributed by atoms with E-state index in [0.717, 1.165) is 23.2 Å². The smallest absolute Gasteiger partial charge is 0.338 e. The number of para-hydroxylation sites is 1. The van der Waals surface area contributed by atoms with Crippen LogP contribution in [0.3, 0.4) is 0 Å². The van der Waals surface area contributed by atoms with Crippen molar-refractivity contribution in [3.63, 3.8) is 0 Å². The van der Waals surface area contributed by atoms with Gasteiger partial charge in [-0.25, -0.2) is 4.79 Å². The van der Waals surface area contributed by atoms with E-state index in [1.165, 1.54) is 12.1 Å². The SMILES string of the molecule is CCc1cccc(C)c1NC(=O)COC(=O)c1ccc(S(C)=O)cc1. The zero-order valence-corrected chi connectivity index (χ0v) is 15.3. The van der Waals surface area contributed by atoms with Gasteiger partial charge in [0.1, 0.15) is 0 Å². The van der Waals surface area contributed by atoms with E-state index in [4.69, 9.17) is 4.74 Å². The highest BCUT2D eigenvalue weighted by atomic mass is 32.2. The Kier molecular flexibility index (Phi) is 6.47. The van der Waals surface area contributed by atoms with Crippen LogP contribution in [0.25, 0.3) is 0 Å². The maximum atomic E-state index is 12.1. The highest BCUT2D eigenvalue weighted by Gasteiger charge is 2.13. The van der Waals surface area contributed by atoms with Crippen LogP contribution in [0, 0.1) is 6.92 Å². The van der Waals surface area contributed by atoms with E-state index in [-0.39, 0.29) is 12.5 Å². The first kappa shape index (κ1) is 18.9. The number of carbonyl (C=O) groups is 2. The molecule has 132 valence electrons. The second-order valence-electron chi connectivity index (χ2n) is 5.57. The summed E-state index contributed by atoms with van der Waals surface area (Å²) in [5.74, 6) is -0.979. The van der Waals surface area contributed by atoms with Crippen molar-refractivity contribution >= 4 is 28.4 Å². The molecule has 0 saturated carbocycles. The predicted octanol–water partition coefficient (Wildman–Crippen LogP) is 3.09. The molecule has 0 aliphatic heterocycles. The van der Waals surface area contributed by atoms with Crippen LogP contribution in [0.1, 0.15) is 28.4 Å². The third-order valence-electron chi connectivity index (χ3n) is 3.76. The molecule has 0 fully saturated rings. The Balaban J connectivity index is 1.96. The molecule has 0 aliphatic carbocycles. The molecule has 0 spiro atoms. The molecule has 0 bridgehead atoms.